The highest BCUT2D eigenvalue weighted by atomic mass is 16.5. The number of carbonyl (C=O) groups excluding carboxylic acids is 1. The lowest BCUT2D eigenvalue weighted by atomic mass is 10.1. The highest BCUT2D eigenvalue weighted by molar-refractivity contribution is 6.04. The van der Waals surface area contributed by atoms with Crippen LogP contribution < -0.4 is 25.2 Å². The second-order valence-electron chi connectivity index (χ2n) is 8.59. The SMILES string of the molecule is COc1nc2nn(C)cc2cc1NC(=O)N1CCc2c1ncc(C)c2N1CCN[C@@H](C)C1.O=CO. The number of carbonyl (C=O) groups is 2. The van der Waals surface area contributed by atoms with Crippen molar-refractivity contribution in [3.8, 4) is 5.88 Å². The predicted molar refractivity (Wildman–Crippen MR) is 132 cm³/mol. The Kier molecular flexibility index (Phi) is 7.01. The highest BCUT2D eigenvalue weighted by Crippen LogP contribution is 2.37. The minimum absolute atomic E-state index is 0.247. The molecule has 12 nitrogen and oxygen atoms in total. The van der Waals surface area contributed by atoms with Crippen molar-refractivity contribution in [2.75, 3.05) is 48.4 Å². The van der Waals surface area contributed by atoms with Gasteiger partial charge in [-0.15, -0.1) is 0 Å². The summed E-state index contributed by atoms with van der Waals surface area (Å²) >= 11 is 0. The number of nitrogens with zero attached hydrogens (tertiary/aromatic N) is 6. The van der Waals surface area contributed by atoms with Crippen LogP contribution in [-0.2, 0) is 18.3 Å². The van der Waals surface area contributed by atoms with Crippen LogP contribution in [0.25, 0.3) is 11.0 Å². The first-order valence-electron chi connectivity index (χ1n) is 11.4. The van der Waals surface area contributed by atoms with Gasteiger partial charge in [0.25, 0.3) is 6.47 Å². The monoisotopic (exact) mass is 482 g/mol. The van der Waals surface area contributed by atoms with Crippen molar-refractivity contribution in [1.82, 2.24) is 25.1 Å². The van der Waals surface area contributed by atoms with Crippen molar-refractivity contribution >= 4 is 40.7 Å². The van der Waals surface area contributed by atoms with Gasteiger partial charge in [0, 0.05) is 68.3 Å². The Bertz CT molecular complexity index is 1240. The molecule has 2 aliphatic heterocycles. The maximum absolute atomic E-state index is 13.3. The zero-order chi connectivity index (χ0) is 25.1. The molecule has 186 valence electrons. The Morgan fingerprint density at radius 3 is 2.86 bits per heavy atom. The second kappa shape index (κ2) is 10.1. The van der Waals surface area contributed by atoms with Crippen molar-refractivity contribution in [3.63, 3.8) is 0 Å². The molecule has 0 radical (unpaired) electrons. The number of rotatable bonds is 3. The van der Waals surface area contributed by atoms with Crippen LogP contribution in [0.5, 0.6) is 5.88 Å². The summed E-state index contributed by atoms with van der Waals surface area (Å²) in [6.45, 7) is 7.46. The quantitative estimate of drug-likeness (QED) is 0.477. The van der Waals surface area contributed by atoms with Gasteiger partial charge in [-0.25, -0.2) is 9.78 Å². The van der Waals surface area contributed by atoms with Crippen LogP contribution >= 0.6 is 0 Å². The number of hydrogen-bond donors (Lipinski definition) is 3. The minimum Gasteiger partial charge on any atom is -0.483 e. The van der Waals surface area contributed by atoms with Crippen molar-refractivity contribution in [2.45, 2.75) is 26.3 Å². The Hall–Kier alpha value is -3.93. The highest BCUT2D eigenvalue weighted by Gasteiger charge is 2.32. The molecule has 0 aromatic carbocycles. The molecule has 12 heteroatoms. The molecule has 0 saturated carbocycles. The molecule has 5 rings (SSSR count). The molecule has 5 heterocycles. The van der Waals surface area contributed by atoms with Gasteiger partial charge < -0.3 is 25.4 Å². The first-order chi connectivity index (χ1) is 16.9. The average molecular weight is 483 g/mol. The van der Waals surface area contributed by atoms with E-state index in [0.29, 0.717) is 29.8 Å². The molecule has 3 aromatic heterocycles. The van der Waals surface area contributed by atoms with E-state index in [4.69, 9.17) is 14.6 Å². The molecule has 2 aliphatic rings. The van der Waals surface area contributed by atoms with E-state index in [1.165, 1.54) is 12.8 Å². The van der Waals surface area contributed by atoms with Crippen LogP contribution in [-0.4, -0.2) is 76.7 Å². The standard InChI is InChI=1S/C22H28N8O2.CH2O2/c1-13-10-24-20-16(18(13)29-8-6-23-14(2)11-29)5-7-30(20)22(31)25-17-9-15-12-28(3)27-19(15)26-21(17)32-4;2-1-3/h9-10,12,14,23H,5-8,11H2,1-4H3,(H,25,31);1H,(H,2,3)/t14-;/m0./s1. The van der Waals surface area contributed by atoms with E-state index in [1.807, 2.05) is 25.5 Å². The Morgan fingerprint density at radius 1 is 1.37 bits per heavy atom. The fourth-order valence-corrected chi connectivity index (χ4v) is 4.69. The fraction of sp³-hybridized carbons (Fsp3) is 0.435. The summed E-state index contributed by atoms with van der Waals surface area (Å²) in [6.07, 6.45) is 4.51. The normalized spacial score (nSPS) is 17.0. The number of nitrogens with one attached hydrogen (secondary N) is 2. The number of aryl methyl sites for hydroxylation is 2. The van der Waals surface area contributed by atoms with Crippen LogP contribution in [0, 0.1) is 6.92 Å². The lowest BCUT2D eigenvalue weighted by Gasteiger charge is -2.35. The first-order valence-corrected chi connectivity index (χ1v) is 11.4. The largest absolute Gasteiger partial charge is 0.483 e. The van der Waals surface area contributed by atoms with Gasteiger partial charge in [-0.05, 0) is 31.9 Å². The zero-order valence-corrected chi connectivity index (χ0v) is 20.3. The van der Waals surface area contributed by atoms with Crippen molar-refractivity contribution in [2.24, 2.45) is 7.05 Å². The van der Waals surface area contributed by atoms with Gasteiger partial charge in [0.15, 0.2) is 5.65 Å². The maximum Gasteiger partial charge on any atom is 0.327 e. The van der Waals surface area contributed by atoms with Crippen LogP contribution in [0.15, 0.2) is 18.5 Å². The molecule has 3 aromatic rings. The molecule has 1 fully saturated rings. The topological polar surface area (TPSA) is 138 Å². The molecule has 0 bridgehead atoms. The van der Waals surface area contributed by atoms with Gasteiger partial charge in [0.2, 0.25) is 5.88 Å². The number of anilines is 3. The van der Waals surface area contributed by atoms with E-state index in [-0.39, 0.29) is 12.5 Å². The molecular weight excluding hydrogens is 452 g/mol. The third kappa shape index (κ3) is 4.83. The molecule has 0 spiro atoms. The van der Waals surface area contributed by atoms with E-state index in [9.17, 15) is 4.79 Å². The number of fused-ring (bicyclic) bond motifs is 2. The Morgan fingerprint density at radius 2 is 2.14 bits per heavy atom. The van der Waals surface area contributed by atoms with Crippen LogP contribution in [0.3, 0.4) is 0 Å². The number of carboxylic acid groups (broad SMARTS) is 1. The lowest BCUT2D eigenvalue weighted by Crippen LogP contribution is -2.49. The number of pyridine rings is 2. The van der Waals surface area contributed by atoms with E-state index >= 15 is 0 Å². The van der Waals surface area contributed by atoms with Gasteiger partial charge >= 0.3 is 6.03 Å². The summed E-state index contributed by atoms with van der Waals surface area (Å²) < 4.78 is 7.08. The molecular formula is C23H30N8O4. The first kappa shape index (κ1) is 24.2. The molecule has 0 unspecified atom stereocenters. The number of piperazine rings is 1. The van der Waals surface area contributed by atoms with Gasteiger partial charge in [0.1, 0.15) is 11.5 Å². The van der Waals surface area contributed by atoms with E-state index < -0.39 is 0 Å². The summed E-state index contributed by atoms with van der Waals surface area (Å²) in [5, 5.41) is 18.5. The number of amides is 2. The number of hydrogen-bond acceptors (Lipinski definition) is 8. The van der Waals surface area contributed by atoms with Crippen LogP contribution in [0.4, 0.5) is 22.0 Å². The third-order valence-corrected chi connectivity index (χ3v) is 6.09. The summed E-state index contributed by atoms with van der Waals surface area (Å²) in [5.74, 6) is 1.06. The third-order valence-electron chi connectivity index (χ3n) is 6.09. The van der Waals surface area contributed by atoms with Gasteiger partial charge in [-0.3, -0.25) is 14.4 Å². The van der Waals surface area contributed by atoms with Gasteiger partial charge in [-0.1, -0.05) is 0 Å². The predicted octanol–water partition coefficient (Wildman–Crippen LogP) is 1.77. The molecule has 0 aliphatic carbocycles. The molecule has 1 atom stereocenters. The fourth-order valence-electron chi connectivity index (χ4n) is 4.69. The molecule has 1 saturated heterocycles. The second-order valence-corrected chi connectivity index (χ2v) is 8.59. The molecule has 2 amide bonds. The lowest BCUT2D eigenvalue weighted by molar-refractivity contribution is -0.122. The molecule has 35 heavy (non-hydrogen) atoms. The van der Waals surface area contributed by atoms with Crippen LogP contribution in [0.2, 0.25) is 0 Å². The van der Waals surface area contributed by atoms with Gasteiger partial charge in [-0.2, -0.15) is 10.1 Å². The van der Waals surface area contributed by atoms with E-state index in [0.717, 1.165) is 48.4 Å². The minimum atomic E-state index is -0.250. The summed E-state index contributed by atoms with van der Waals surface area (Å²) in [4.78, 5) is 34.8. The summed E-state index contributed by atoms with van der Waals surface area (Å²) in [6, 6.07) is 2.01. The maximum atomic E-state index is 13.3. The van der Waals surface area contributed by atoms with Crippen LogP contribution in [0.1, 0.15) is 18.1 Å². The Balaban J connectivity index is 0.000000917. The zero-order valence-electron chi connectivity index (χ0n) is 20.3. The van der Waals surface area contributed by atoms with Gasteiger partial charge in [0.05, 0.1) is 7.11 Å². The summed E-state index contributed by atoms with van der Waals surface area (Å²) in [7, 11) is 3.36. The number of urea groups is 1. The van der Waals surface area contributed by atoms with E-state index in [2.05, 4.69) is 44.4 Å². The number of aromatic nitrogens is 4. The summed E-state index contributed by atoms with van der Waals surface area (Å²) in [5.41, 5.74) is 4.58. The van der Waals surface area contributed by atoms with Crippen molar-refractivity contribution in [3.05, 3.63) is 29.6 Å². The van der Waals surface area contributed by atoms with Crippen molar-refractivity contribution < 1.29 is 19.4 Å². The van der Waals surface area contributed by atoms with Crippen molar-refractivity contribution in [1.29, 1.82) is 0 Å². The van der Waals surface area contributed by atoms with E-state index in [1.54, 1.807) is 9.58 Å². The molecule has 3 N–H and O–H groups in total. The average Bonchev–Trinajstić information content (AvgIpc) is 3.41. The Labute approximate surface area is 202 Å². The number of methoxy groups -OCH3 is 1. The smallest absolute Gasteiger partial charge is 0.327 e. The number of ether oxygens (including phenoxy) is 1.